The lowest BCUT2D eigenvalue weighted by Gasteiger charge is -2.32. The molecule has 0 spiro atoms. The van der Waals surface area contributed by atoms with Crippen LogP contribution in [0.5, 0.6) is 5.75 Å². The topological polar surface area (TPSA) is 62.0 Å². The smallest absolute Gasteiger partial charge is 0.146 e. The second-order valence-electron chi connectivity index (χ2n) is 6.97. The molecular weight excluding hydrogens is 368 g/mol. The number of methoxy groups -OCH3 is 1. The summed E-state index contributed by atoms with van der Waals surface area (Å²) in [6.45, 7) is 3.74. The Hall–Kier alpha value is -2.91. The van der Waals surface area contributed by atoms with Gasteiger partial charge in [-0.25, -0.2) is 9.97 Å². The Labute approximate surface area is 169 Å². The molecule has 1 fully saturated rings. The highest BCUT2D eigenvalue weighted by Gasteiger charge is 2.25. The van der Waals surface area contributed by atoms with Gasteiger partial charge in [0.15, 0.2) is 0 Å². The molecular formula is C22H22N4OS. The molecule has 142 valence electrons. The minimum atomic E-state index is 0.444. The van der Waals surface area contributed by atoms with Crippen molar-refractivity contribution in [1.82, 2.24) is 9.97 Å². The number of benzene rings is 1. The Morgan fingerprint density at radius 1 is 1.14 bits per heavy atom. The molecule has 3 aromatic rings. The third-order valence-electron chi connectivity index (χ3n) is 5.18. The summed E-state index contributed by atoms with van der Waals surface area (Å²) in [5.74, 6) is 2.11. The molecule has 0 bridgehead atoms. The quantitative estimate of drug-likeness (QED) is 0.642. The maximum absolute atomic E-state index is 9.39. The van der Waals surface area contributed by atoms with Crippen molar-refractivity contribution in [3.63, 3.8) is 0 Å². The predicted molar refractivity (Wildman–Crippen MR) is 112 cm³/mol. The van der Waals surface area contributed by atoms with Gasteiger partial charge in [-0.05, 0) is 44.0 Å². The molecule has 0 unspecified atom stereocenters. The van der Waals surface area contributed by atoms with E-state index < -0.39 is 0 Å². The SMILES string of the molecule is COc1ccccc1-c1csc(C2CCN(c3nc(C)ccc3C#N)CC2)n1. The van der Waals surface area contributed by atoms with Crippen molar-refractivity contribution in [2.75, 3.05) is 25.1 Å². The molecule has 0 amide bonds. The fourth-order valence-electron chi connectivity index (χ4n) is 3.66. The van der Waals surface area contributed by atoms with E-state index in [2.05, 4.69) is 21.3 Å². The van der Waals surface area contributed by atoms with E-state index in [0.29, 0.717) is 11.5 Å². The van der Waals surface area contributed by atoms with Gasteiger partial charge in [0.25, 0.3) is 0 Å². The average molecular weight is 391 g/mol. The van der Waals surface area contributed by atoms with Gasteiger partial charge in [0.1, 0.15) is 17.6 Å². The number of aryl methyl sites for hydroxylation is 1. The van der Waals surface area contributed by atoms with E-state index in [4.69, 9.17) is 9.72 Å². The molecule has 0 saturated carbocycles. The number of nitriles is 1. The van der Waals surface area contributed by atoms with Crippen LogP contribution in [0.2, 0.25) is 0 Å². The Balaban J connectivity index is 1.49. The molecule has 0 N–H and O–H groups in total. The highest BCUT2D eigenvalue weighted by atomic mass is 32.1. The van der Waals surface area contributed by atoms with E-state index in [0.717, 1.165) is 54.4 Å². The van der Waals surface area contributed by atoms with E-state index in [9.17, 15) is 5.26 Å². The van der Waals surface area contributed by atoms with Crippen LogP contribution in [0.25, 0.3) is 11.3 Å². The molecule has 1 aliphatic rings. The van der Waals surface area contributed by atoms with Crippen LogP contribution in [0.15, 0.2) is 41.8 Å². The number of hydrogen-bond donors (Lipinski definition) is 0. The van der Waals surface area contributed by atoms with Crippen molar-refractivity contribution in [2.24, 2.45) is 0 Å². The molecule has 1 aliphatic heterocycles. The molecule has 3 heterocycles. The molecule has 0 atom stereocenters. The highest BCUT2D eigenvalue weighted by Crippen LogP contribution is 2.36. The number of rotatable bonds is 4. The van der Waals surface area contributed by atoms with Crippen LogP contribution in [-0.4, -0.2) is 30.2 Å². The Bertz CT molecular complexity index is 1020. The number of ether oxygens (including phenoxy) is 1. The lowest BCUT2D eigenvalue weighted by molar-refractivity contribution is 0.416. The van der Waals surface area contributed by atoms with Gasteiger partial charge in [-0.1, -0.05) is 12.1 Å². The Kier molecular flexibility index (Phi) is 5.27. The summed E-state index contributed by atoms with van der Waals surface area (Å²) in [6.07, 6.45) is 2.03. The number of nitrogens with zero attached hydrogens (tertiary/aromatic N) is 4. The van der Waals surface area contributed by atoms with Crippen molar-refractivity contribution < 1.29 is 4.74 Å². The average Bonchev–Trinajstić information content (AvgIpc) is 3.24. The monoisotopic (exact) mass is 390 g/mol. The normalized spacial score (nSPS) is 14.7. The molecule has 1 aromatic carbocycles. The van der Waals surface area contributed by atoms with E-state index in [1.165, 1.54) is 5.01 Å². The number of aromatic nitrogens is 2. The van der Waals surface area contributed by atoms with Crippen molar-refractivity contribution >= 4 is 17.2 Å². The molecule has 1 saturated heterocycles. The third-order valence-corrected chi connectivity index (χ3v) is 6.19. The zero-order valence-corrected chi connectivity index (χ0v) is 16.9. The first-order valence-electron chi connectivity index (χ1n) is 9.41. The molecule has 5 nitrogen and oxygen atoms in total. The maximum atomic E-state index is 9.39. The Morgan fingerprint density at radius 3 is 2.68 bits per heavy atom. The lowest BCUT2D eigenvalue weighted by Crippen LogP contribution is -2.34. The summed E-state index contributed by atoms with van der Waals surface area (Å²) in [6, 6.07) is 14.0. The number of hydrogen-bond acceptors (Lipinski definition) is 6. The van der Waals surface area contributed by atoms with E-state index >= 15 is 0 Å². The number of thiazole rings is 1. The van der Waals surface area contributed by atoms with E-state index in [-0.39, 0.29) is 0 Å². The first kappa shape index (κ1) is 18.5. The summed E-state index contributed by atoms with van der Waals surface area (Å²) >= 11 is 1.72. The second kappa shape index (κ2) is 7.99. The fraction of sp³-hybridized carbons (Fsp3) is 0.318. The van der Waals surface area contributed by atoms with Crippen molar-refractivity contribution in [3.8, 4) is 23.1 Å². The zero-order valence-electron chi connectivity index (χ0n) is 16.1. The predicted octanol–water partition coefficient (Wildman–Crippen LogP) is 4.78. The summed E-state index contributed by atoms with van der Waals surface area (Å²) in [5.41, 5.74) is 3.61. The van der Waals surface area contributed by atoms with Crippen LogP contribution in [-0.2, 0) is 0 Å². The van der Waals surface area contributed by atoms with Crippen molar-refractivity contribution in [2.45, 2.75) is 25.7 Å². The molecule has 2 aromatic heterocycles. The van der Waals surface area contributed by atoms with Crippen molar-refractivity contribution in [1.29, 1.82) is 5.26 Å². The standard InChI is InChI=1S/C22H22N4OS/c1-15-7-8-17(13-23)21(24-15)26-11-9-16(10-12-26)22-25-19(14-28-22)18-5-3-4-6-20(18)27-2/h3-8,14,16H,9-12H2,1-2H3. The lowest BCUT2D eigenvalue weighted by atomic mass is 9.97. The van der Waals surface area contributed by atoms with Gasteiger partial charge < -0.3 is 9.64 Å². The van der Waals surface area contributed by atoms with Gasteiger partial charge in [-0.3, -0.25) is 0 Å². The van der Waals surface area contributed by atoms with Crippen LogP contribution < -0.4 is 9.64 Å². The molecule has 6 heteroatoms. The highest BCUT2D eigenvalue weighted by molar-refractivity contribution is 7.10. The van der Waals surface area contributed by atoms with E-state index in [1.54, 1.807) is 18.4 Å². The first-order chi connectivity index (χ1) is 13.7. The van der Waals surface area contributed by atoms with Crippen molar-refractivity contribution in [3.05, 3.63) is 58.0 Å². The summed E-state index contributed by atoms with van der Waals surface area (Å²) in [5, 5.41) is 12.7. The van der Waals surface area contributed by atoms with Crippen LogP contribution in [0.3, 0.4) is 0 Å². The first-order valence-corrected chi connectivity index (χ1v) is 10.3. The van der Waals surface area contributed by atoms with Crippen LogP contribution >= 0.6 is 11.3 Å². The minimum absolute atomic E-state index is 0.444. The summed E-state index contributed by atoms with van der Waals surface area (Å²) in [7, 11) is 1.69. The number of pyridine rings is 1. The van der Waals surface area contributed by atoms with Gasteiger partial charge in [0.05, 0.1) is 23.4 Å². The minimum Gasteiger partial charge on any atom is -0.496 e. The zero-order chi connectivity index (χ0) is 19.5. The van der Waals surface area contributed by atoms with Gasteiger partial charge in [-0.15, -0.1) is 11.3 Å². The van der Waals surface area contributed by atoms with Crippen LogP contribution in [0.1, 0.15) is 35.0 Å². The molecule has 0 aliphatic carbocycles. The third kappa shape index (κ3) is 3.58. The number of piperidine rings is 1. The molecule has 4 rings (SSSR count). The summed E-state index contributed by atoms with van der Waals surface area (Å²) in [4.78, 5) is 11.7. The number of para-hydroxylation sites is 1. The van der Waals surface area contributed by atoms with Gasteiger partial charge in [0.2, 0.25) is 0 Å². The van der Waals surface area contributed by atoms with Crippen LogP contribution in [0.4, 0.5) is 5.82 Å². The molecule has 28 heavy (non-hydrogen) atoms. The number of anilines is 1. The second-order valence-corrected chi connectivity index (χ2v) is 7.86. The van der Waals surface area contributed by atoms with Gasteiger partial charge in [-0.2, -0.15) is 5.26 Å². The molecule has 0 radical (unpaired) electrons. The van der Waals surface area contributed by atoms with Gasteiger partial charge in [0, 0.05) is 35.6 Å². The van der Waals surface area contributed by atoms with E-state index in [1.807, 2.05) is 43.3 Å². The summed E-state index contributed by atoms with van der Waals surface area (Å²) < 4.78 is 5.47. The maximum Gasteiger partial charge on any atom is 0.146 e. The van der Waals surface area contributed by atoms with Crippen LogP contribution in [0, 0.1) is 18.3 Å². The van der Waals surface area contributed by atoms with Gasteiger partial charge >= 0.3 is 0 Å². The largest absolute Gasteiger partial charge is 0.496 e. The Morgan fingerprint density at radius 2 is 1.93 bits per heavy atom. The fourth-order valence-corrected chi connectivity index (χ4v) is 4.66.